The number of pyridine rings is 1. The molecule has 1 fully saturated rings. The molecule has 5 nitrogen and oxygen atoms in total. The highest BCUT2D eigenvalue weighted by atomic mass is 16.2. The van der Waals surface area contributed by atoms with Crippen LogP contribution in [0.5, 0.6) is 0 Å². The van der Waals surface area contributed by atoms with Gasteiger partial charge in [-0.15, -0.1) is 0 Å². The van der Waals surface area contributed by atoms with Gasteiger partial charge in [0.2, 0.25) is 11.8 Å². The number of amides is 2. The summed E-state index contributed by atoms with van der Waals surface area (Å²) in [6.45, 7) is 5.14. The maximum absolute atomic E-state index is 12.4. The average Bonchev–Trinajstić information content (AvgIpc) is 2.63. The van der Waals surface area contributed by atoms with Crippen LogP contribution < -0.4 is 5.32 Å². The zero-order valence-electron chi connectivity index (χ0n) is 15.4. The van der Waals surface area contributed by atoms with E-state index in [1.54, 1.807) is 13.1 Å². The molecule has 0 bridgehead atoms. The minimum Gasteiger partial charge on any atom is -0.343 e. The van der Waals surface area contributed by atoms with Crippen molar-refractivity contribution in [2.24, 2.45) is 5.92 Å². The molecule has 1 aromatic carbocycles. The second-order valence-corrected chi connectivity index (χ2v) is 7.00. The van der Waals surface area contributed by atoms with E-state index in [1.807, 2.05) is 17.0 Å². The number of carbonyl (C=O) groups excluding carboxylic acids is 2. The predicted molar refractivity (Wildman–Crippen MR) is 103 cm³/mol. The van der Waals surface area contributed by atoms with Crippen LogP contribution in [0.3, 0.4) is 0 Å². The van der Waals surface area contributed by atoms with Crippen molar-refractivity contribution in [2.75, 3.05) is 18.4 Å². The van der Waals surface area contributed by atoms with Crippen LogP contribution in [0.25, 0.3) is 11.1 Å². The Kier molecular flexibility index (Phi) is 5.66. The molecule has 1 aromatic heterocycles. The van der Waals surface area contributed by atoms with E-state index in [-0.39, 0.29) is 11.8 Å². The molecular weight excluding hydrogens is 326 g/mol. The summed E-state index contributed by atoms with van der Waals surface area (Å²) in [7, 11) is 0. The fraction of sp³-hybridized carbons (Fsp3) is 0.381. The Hall–Kier alpha value is -2.69. The molecule has 1 aliphatic heterocycles. The van der Waals surface area contributed by atoms with Gasteiger partial charge < -0.3 is 10.2 Å². The lowest BCUT2D eigenvalue weighted by molar-refractivity contribution is -0.130. The van der Waals surface area contributed by atoms with Crippen molar-refractivity contribution < 1.29 is 9.59 Å². The molecule has 0 saturated carbocycles. The van der Waals surface area contributed by atoms with E-state index in [9.17, 15) is 9.59 Å². The van der Waals surface area contributed by atoms with Gasteiger partial charge in [0.15, 0.2) is 0 Å². The second-order valence-electron chi connectivity index (χ2n) is 7.00. The Balaban J connectivity index is 1.57. The number of hydrogen-bond donors (Lipinski definition) is 1. The quantitative estimate of drug-likeness (QED) is 0.915. The molecule has 0 spiro atoms. The molecule has 2 amide bonds. The third-order valence-electron chi connectivity index (χ3n) is 4.95. The largest absolute Gasteiger partial charge is 0.343 e. The van der Waals surface area contributed by atoms with Crippen LogP contribution in [-0.2, 0) is 9.59 Å². The number of rotatable bonds is 4. The number of anilines is 1. The van der Waals surface area contributed by atoms with Crippen LogP contribution in [0.15, 0.2) is 42.6 Å². The molecule has 2 heterocycles. The van der Waals surface area contributed by atoms with Gasteiger partial charge in [-0.05, 0) is 48.9 Å². The first-order chi connectivity index (χ1) is 12.5. The second kappa shape index (κ2) is 8.13. The minimum absolute atomic E-state index is 0.0140. The van der Waals surface area contributed by atoms with Crippen molar-refractivity contribution in [3.8, 4) is 11.1 Å². The van der Waals surface area contributed by atoms with Gasteiger partial charge in [0.1, 0.15) is 5.82 Å². The monoisotopic (exact) mass is 351 g/mol. The third-order valence-corrected chi connectivity index (χ3v) is 4.95. The van der Waals surface area contributed by atoms with E-state index in [1.165, 1.54) is 5.56 Å². The SMILES string of the molecule is CC(=O)N1CCC(CC(=O)Nc2cc(-c3ccc(C)cc3)ccn2)CC1. The lowest BCUT2D eigenvalue weighted by Gasteiger charge is -2.30. The normalized spacial score (nSPS) is 14.9. The Bertz CT molecular complexity index is 778. The number of aromatic nitrogens is 1. The number of aryl methyl sites for hydroxylation is 1. The van der Waals surface area contributed by atoms with E-state index < -0.39 is 0 Å². The maximum atomic E-state index is 12.4. The van der Waals surface area contributed by atoms with Crippen molar-refractivity contribution in [3.63, 3.8) is 0 Å². The molecule has 0 aliphatic carbocycles. The van der Waals surface area contributed by atoms with E-state index in [0.29, 0.717) is 18.2 Å². The molecule has 0 radical (unpaired) electrons. The molecular formula is C21H25N3O2. The van der Waals surface area contributed by atoms with Gasteiger partial charge in [0.05, 0.1) is 0 Å². The van der Waals surface area contributed by atoms with Crippen LogP contribution in [0.4, 0.5) is 5.82 Å². The number of nitrogens with one attached hydrogen (secondary N) is 1. The van der Waals surface area contributed by atoms with Crippen molar-refractivity contribution in [1.29, 1.82) is 0 Å². The fourth-order valence-electron chi connectivity index (χ4n) is 3.33. The topological polar surface area (TPSA) is 62.3 Å². The number of piperidine rings is 1. The Labute approximate surface area is 154 Å². The van der Waals surface area contributed by atoms with Crippen molar-refractivity contribution in [2.45, 2.75) is 33.1 Å². The first-order valence-electron chi connectivity index (χ1n) is 9.10. The number of hydrogen-bond acceptors (Lipinski definition) is 3. The van der Waals surface area contributed by atoms with E-state index in [4.69, 9.17) is 0 Å². The van der Waals surface area contributed by atoms with E-state index in [0.717, 1.165) is 37.1 Å². The number of nitrogens with zero attached hydrogens (tertiary/aromatic N) is 2. The summed E-state index contributed by atoms with van der Waals surface area (Å²) in [5, 5.41) is 2.91. The summed E-state index contributed by atoms with van der Waals surface area (Å²) in [5.41, 5.74) is 3.35. The number of carbonyl (C=O) groups is 2. The van der Waals surface area contributed by atoms with Crippen molar-refractivity contribution in [3.05, 3.63) is 48.2 Å². The smallest absolute Gasteiger partial charge is 0.225 e. The molecule has 0 atom stereocenters. The van der Waals surface area contributed by atoms with Gasteiger partial charge in [-0.2, -0.15) is 0 Å². The van der Waals surface area contributed by atoms with E-state index >= 15 is 0 Å². The third kappa shape index (κ3) is 4.69. The van der Waals surface area contributed by atoms with Crippen LogP contribution in [0, 0.1) is 12.8 Å². The molecule has 26 heavy (non-hydrogen) atoms. The summed E-state index contributed by atoms with van der Waals surface area (Å²) in [6.07, 6.45) is 3.95. The van der Waals surface area contributed by atoms with Crippen molar-refractivity contribution >= 4 is 17.6 Å². The molecule has 5 heteroatoms. The van der Waals surface area contributed by atoms with Gasteiger partial charge >= 0.3 is 0 Å². The average molecular weight is 351 g/mol. The molecule has 0 unspecified atom stereocenters. The predicted octanol–water partition coefficient (Wildman–Crippen LogP) is 3.64. The molecule has 3 rings (SSSR count). The summed E-state index contributed by atoms with van der Waals surface area (Å²) in [6, 6.07) is 12.1. The van der Waals surface area contributed by atoms with Crippen LogP contribution in [0.2, 0.25) is 0 Å². The zero-order chi connectivity index (χ0) is 18.5. The van der Waals surface area contributed by atoms with Crippen LogP contribution in [-0.4, -0.2) is 34.8 Å². The highest BCUT2D eigenvalue weighted by Crippen LogP contribution is 2.23. The summed E-state index contributed by atoms with van der Waals surface area (Å²) >= 11 is 0. The lowest BCUT2D eigenvalue weighted by atomic mass is 9.93. The lowest BCUT2D eigenvalue weighted by Crippen LogP contribution is -2.37. The molecule has 1 saturated heterocycles. The maximum Gasteiger partial charge on any atom is 0.225 e. The summed E-state index contributed by atoms with van der Waals surface area (Å²) in [5.74, 6) is 1.00. The summed E-state index contributed by atoms with van der Waals surface area (Å²) in [4.78, 5) is 29.8. The molecule has 136 valence electrons. The standard InChI is InChI=1S/C21H25N3O2/c1-15-3-5-18(6-4-15)19-7-10-22-20(14-19)23-21(26)13-17-8-11-24(12-9-17)16(2)25/h3-7,10,14,17H,8-9,11-13H2,1-2H3,(H,22,23,26). The Morgan fingerprint density at radius 1 is 1.12 bits per heavy atom. The fourth-order valence-corrected chi connectivity index (χ4v) is 3.33. The van der Waals surface area contributed by atoms with Gasteiger partial charge in [0.25, 0.3) is 0 Å². The zero-order valence-corrected chi connectivity index (χ0v) is 15.4. The summed E-state index contributed by atoms with van der Waals surface area (Å²) < 4.78 is 0. The minimum atomic E-state index is -0.0140. The highest BCUT2D eigenvalue weighted by molar-refractivity contribution is 5.90. The molecule has 2 aromatic rings. The molecule has 1 N–H and O–H groups in total. The van der Waals surface area contributed by atoms with Gasteiger partial charge in [-0.25, -0.2) is 4.98 Å². The van der Waals surface area contributed by atoms with Crippen LogP contribution in [0.1, 0.15) is 31.7 Å². The Morgan fingerprint density at radius 2 is 1.81 bits per heavy atom. The number of likely N-dealkylation sites (tertiary alicyclic amines) is 1. The van der Waals surface area contributed by atoms with Crippen LogP contribution >= 0.6 is 0 Å². The first-order valence-corrected chi connectivity index (χ1v) is 9.10. The molecule has 1 aliphatic rings. The number of benzene rings is 1. The van der Waals surface area contributed by atoms with Gasteiger partial charge in [-0.1, -0.05) is 29.8 Å². The van der Waals surface area contributed by atoms with E-state index in [2.05, 4.69) is 41.5 Å². The van der Waals surface area contributed by atoms with Crippen molar-refractivity contribution in [1.82, 2.24) is 9.88 Å². The first kappa shape index (κ1) is 18.1. The Morgan fingerprint density at radius 3 is 2.46 bits per heavy atom. The highest BCUT2D eigenvalue weighted by Gasteiger charge is 2.22. The van der Waals surface area contributed by atoms with Gasteiger partial charge in [-0.3, -0.25) is 9.59 Å². The van der Waals surface area contributed by atoms with Gasteiger partial charge in [0, 0.05) is 32.6 Å².